The molecule has 0 aromatic carbocycles. The first-order chi connectivity index (χ1) is 8.88. The van der Waals surface area contributed by atoms with Crippen molar-refractivity contribution in [2.24, 2.45) is 5.41 Å². The summed E-state index contributed by atoms with van der Waals surface area (Å²) in [6, 6.07) is -0.525. The largest absolute Gasteiger partial charge is 0.330 e. The van der Waals surface area contributed by atoms with Gasteiger partial charge >= 0.3 is 6.03 Å². The fourth-order valence-electron chi connectivity index (χ4n) is 2.74. The highest BCUT2D eigenvalue weighted by Crippen LogP contribution is 2.41. The number of imide groups is 2. The van der Waals surface area contributed by atoms with Gasteiger partial charge in [0.15, 0.2) is 0 Å². The van der Waals surface area contributed by atoms with Gasteiger partial charge in [-0.15, -0.1) is 0 Å². The second-order valence-electron chi connectivity index (χ2n) is 5.78. The molecule has 6 nitrogen and oxygen atoms in total. The van der Waals surface area contributed by atoms with Crippen LogP contribution in [0, 0.1) is 5.41 Å². The van der Waals surface area contributed by atoms with Gasteiger partial charge in [0, 0.05) is 12.6 Å². The summed E-state index contributed by atoms with van der Waals surface area (Å²) >= 11 is 0. The van der Waals surface area contributed by atoms with Crippen molar-refractivity contribution in [1.82, 2.24) is 15.1 Å². The van der Waals surface area contributed by atoms with Crippen LogP contribution in [0.15, 0.2) is 0 Å². The van der Waals surface area contributed by atoms with Crippen molar-refractivity contribution in [2.75, 3.05) is 20.6 Å². The van der Waals surface area contributed by atoms with Gasteiger partial charge in [0.1, 0.15) is 5.41 Å². The summed E-state index contributed by atoms with van der Waals surface area (Å²) in [5.74, 6) is -0.721. The van der Waals surface area contributed by atoms with Crippen molar-refractivity contribution in [3.05, 3.63) is 0 Å². The van der Waals surface area contributed by atoms with Crippen LogP contribution in [-0.2, 0) is 9.59 Å². The molecule has 1 N–H and O–H groups in total. The van der Waals surface area contributed by atoms with Crippen molar-refractivity contribution < 1.29 is 14.4 Å². The fourth-order valence-corrected chi connectivity index (χ4v) is 2.74. The number of barbiturate groups is 1. The summed E-state index contributed by atoms with van der Waals surface area (Å²) in [6.07, 6.45) is 2.84. The van der Waals surface area contributed by atoms with Crippen LogP contribution in [0.3, 0.4) is 0 Å². The molecule has 0 aromatic rings. The van der Waals surface area contributed by atoms with E-state index in [4.69, 9.17) is 0 Å². The Morgan fingerprint density at radius 1 is 1.26 bits per heavy atom. The van der Waals surface area contributed by atoms with Gasteiger partial charge in [-0.2, -0.15) is 0 Å². The van der Waals surface area contributed by atoms with Crippen molar-refractivity contribution >= 4 is 17.8 Å². The molecule has 0 aromatic heterocycles. The first-order valence-corrected chi connectivity index (χ1v) is 6.72. The molecule has 1 aliphatic heterocycles. The van der Waals surface area contributed by atoms with Gasteiger partial charge in [0.2, 0.25) is 11.8 Å². The zero-order valence-electron chi connectivity index (χ0n) is 11.7. The highest BCUT2D eigenvalue weighted by atomic mass is 16.2. The molecule has 1 saturated carbocycles. The number of nitrogens with one attached hydrogen (secondary N) is 1. The molecule has 1 spiro atoms. The monoisotopic (exact) mass is 267 g/mol. The Labute approximate surface area is 113 Å². The van der Waals surface area contributed by atoms with E-state index in [-0.39, 0.29) is 11.9 Å². The number of carbonyl (C=O) groups excluding carboxylic acids is 3. The second-order valence-corrected chi connectivity index (χ2v) is 5.78. The zero-order chi connectivity index (χ0) is 14.2. The average molecular weight is 267 g/mol. The Balaban J connectivity index is 2.21. The topological polar surface area (TPSA) is 69.7 Å². The zero-order valence-corrected chi connectivity index (χ0v) is 11.7. The maximum absolute atomic E-state index is 12.6. The number of rotatable bonds is 3. The quantitative estimate of drug-likeness (QED) is 0.759. The summed E-state index contributed by atoms with van der Waals surface area (Å²) in [5.41, 5.74) is -0.986. The van der Waals surface area contributed by atoms with E-state index < -0.39 is 17.4 Å². The van der Waals surface area contributed by atoms with Crippen LogP contribution in [-0.4, -0.2) is 54.3 Å². The summed E-state index contributed by atoms with van der Waals surface area (Å²) < 4.78 is 0. The lowest BCUT2D eigenvalue weighted by Crippen LogP contribution is -2.64. The predicted octanol–water partition coefficient (Wildman–Crippen LogP) is 0.575. The van der Waals surface area contributed by atoms with Crippen molar-refractivity contribution in [1.29, 1.82) is 0 Å². The summed E-state index contributed by atoms with van der Waals surface area (Å²) in [4.78, 5) is 39.6. The number of hydrogen-bond acceptors (Lipinski definition) is 4. The third kappa shape index (κ3) is 2.25. The smallest absolute Gasteiger partial charge is 0.305 e. The Kier molecular flexibility index (Phi) is 3.62. The van der Waals surface area contributed by atoms with E-state index in [1.807, 2.05) is 25.9 Å². The van der Waals surface area contributed by atoms with Crippen LogP contribution in [0.2, 0.25) is 0 Å². The number of urea groups is 1. The van der Waals surface area contributed by atoms with Crippen LogP contribution in [0.4, 0.5) is 4.79 Å². The molecule has 0 bridgehead atoms. The van der Waals surface area contributed by atoms with Gasteiger partial charge in [-0.25, -0.2) is 4.79 Å². The SMILES string of the molecule is CC(CN1C(=O)NC(=O)C2(CCCC2)C1=O)N(C)C. The first-order valence-electron chi connectivity index (χ1n) is 6.72. The fraction of sp³-hybridized carbons (Fsp3) is 0.769. The molecule has 1 saturated heterocycles. The van der Waals surface area contributed by atoms with Gasteiger partial charge in [0.05, 0.1) is 0 Å². The molecular weight excluding hydrogens is 246 g/mol. The third-order valence-corrected chi connectivity index (χ3v) is 4.34. The molecule has 6 heteroatoms. The van der Waals surface area contributed by atoms with E-state index in [0.717, 1.165) is 12.8 Å². The maximum atomic E-state index is 12.6. The highest BCUT2D eigenvalue weighted by molar-refractivity contribution is 6.19. The molecule has 106 valence electrons. The number of carbonyl (C=O) groups is 3. The minimum atomic E-state index is -0.986. The van der Waals surface area contributed by atoms with E-state index >= 15 is 0 Å². The average Bonchev–Trinajstić information content (AvgIpc) is 2.83. The van der Waals surface area contributed by atoms with E-state index in [2.05, 4.69) is 5.32 Å². The van der Waals surface area contributed by atoms with E-state index in [1.165, 1.54) is 4.90 Å². The molecule has 0 radical (unpaired) electrons. The van der Waals surface area contributed by atoms with Crippen LogP contribution in [0.25, 0.3) is 0 Å². The Morgan fingerprint density at radius 3 is 2.37 bits per heavy atom. The molecular formula is C13H21N3O3. The standard InChI is InChI=1S/C13H21N3O3/c1-9(15(2)3)8-16-11(18)13(6-4-5-7-13)10(17)14-12(16)19/h9H,4-8H2,1-3H3,(H,14,17,19). The Hall–Kier alpha value is -1.43. The van der Waals surface area contributed by atoms with Crippen molar-refractivity contribution in [3.63, 3.8) is 0 Å². The first kappa shape index (κ1) is 14.0. The second kappa shape index (κ2) is 4.92. The third-order valence-electron chi connectivity index (χ3n) is 4.34. The lowest BCUT2D eigenvalue weighted by Gasteiger charge is -2.38. The van der Waals surface area contributed by atoms with Crippen LogP contribution in [0.5, 0.6) is 0 Å². The van der Waals surface area contributed by atoms with E-state index in [1.54, 1.807) is 0 Å². The molecule has 2 aliphatic rings. The number of amides is 4. The van der Waals surface area contributed by atoms with Crippen LogP contribution < -0.4 is 5.32 Å². The minimum Gasteiger partial charge on any atom is -0.305 e. The molecule has 1 aliphatic carbocycles. The normalized spacial score (nSPS) is 24.2. The number of likely N-dealkylation sites (N-methyl/N-ethyl adjacent to an activating group) is 1. The molecule has 1 heterocycles. The minimum absolute atomic E-state index is 0.0568. The maximum Gasteiger partial charge on any atom is 0.330 e. The van der Waals surface area contributed by atoms with E-state index in [0.29, 0.717) is 19.4 Å². The molecule has 1 atom stereocenters. The van der Waals surface area contributed by atoms with Gasteiger partial charge < -0.3 is 4.90 Å². The van der Waals surface area contributed by atoms with Crippen LogP contribution in [0.1, 0.15) is 32.6 Å². The summed E-state index contributed by atoms with van der Waals surface area (Å²) in [6.45, 7) is 2.25. The highest BCUT2D eigenvalue weighted by Gasteiger charge is 2.55. The molecule has 2 rings (SSSR count). The van der Waals surface area contributed by atoms with Crippen molar-refractivity contribution in [3.8, 4) is 0 Å². The lowest BCUT2D eigenvalue weighted by molar-refractivity contribution is -0.151. The van der Waals surface area contributed by atoms with E-state index in [9.17, 15) is 14.4 Å². The summed E-state index contributed by atoms with van der Waals surface area (Å²) in [7, 11) is 3.79. The Morgan fingerprint density at radius 2 is 1.84 bits per heavy atom. The molecule has 1 unspecified atom stereocenters. The van der Waals surface area contributed by atoms with Gasteiger partial charge in [-0.1, -0.05) is 12.8 Å². The van der Waals surface area contributed by atoms with Gasteiger partial charge in [0.25, 0.3) is 0 Å². The number of nitrogens with zero attached hydrogens (tertiary/aromatic N) is 2. The van der Waals surface area contributed by atoms with Gasteiger partial charge in [-0.3, -0.25) is 19.8 Å². The van der Waals surface area contributed by atoms with Gasteiger partial charge in [-0.05, 0) is 33.9 Å². The van der Waals surface area contributed by atoms with Crippen LogP contribution >= 0.6 is 0 Å². The van der Waals surface area contributed by atoms with Crippen molar-refractivity contribution in [2.45, 2.75) is 38.6 Å². The Bertz CT molecular complexity index is 413. The molecule has 2 fully saturated rings. The predicted molar refractivity (Wildman–Crippen MR) is 69.3 cm³/mol. The lowest BCUT2D eigenvalue weighted by atomic mass is 9.82. The molecule has 19 heavy (non-hydrogen) atoms. The molecule has 4 amide bonds. The number of hydrogen-bond donors (Lipinski definition) is 1. The summed E-state index contributed by atoms with van der Waals surface area (Å²) in [5, 5.41) is 2.35.